The molecule has 0 atom stereocenters. The Morgan fingerprint density at radius 2 is 1.62 bits per heavy atom. The quantitative estimate of drug-likeness (QED) is 0.654. The molecule has 4 nitrogen and oxygen atoms in total. The maximum atomic E-state index is 11.7. The van der Waals surface area contributed by atoms with E-state index in [-0.39, 0.29) is 12.6 Å². The maximum absolute atomic E-state index is 11.7. The first kappa shape index (κ1) is 14.9. The van der Waals surface area contributed by atoms with E-state index in [2.05, 4.69) is 0 Å². The first-order valence-electron chi connectivity index (χ1n) is 6.80. The molecule has 0 radical (unpaired) electrons. The zero-order valence-electron chi connectivity index (χ0n) is 12.0. The van der Waals surface area contributed by atoms with Crippen LogP contribution < -0.4 is 10.5 Å². The largest absolute Gasteiger partial charge is 0.497 e. The molecule has 0 bridgehead atoms. The molecule has 4 heteroatoms. The Bertz CT molecular complexity index is 576. The summed E-state index contributed by atoms with van der Waals surface area (Å²) in [7, 11) is 1.62. The summed E-state index contributed by atoms with van der Waals surface area (Å²) in [6.07, 6.45) is 1.02. The Morgan fingerprint density at radius 1 is 1.00 bits per heavy atom. The van der Waals surface area contributed by atoms with Crippen LogP contribution in [-0.2, 0) is 22.6 Å². The number of methoxy groups -OCH3 is 1. The summed E-state index contributed by atoms with van der Waals surface area (Å²) in [5.74, 6) is 0.580. The van der Waals surface area contributed by atoms with Crippen LogP contribution in [0.15, 0.2) is 48.5 Å². The lowest BCUT2D eigenvalue weighted by Gasteiger charge is -2.06. The number of nitrogens with two attached hydrogens (primary N) is 1. The van der Waals surface area contributed by atoms with E-state index in [0.29, 0.717) is 12.8 Å². The van der Waals surface area contributed by atoms with Crippen LogP contribution in [0.2, 0.25) is 0 Å². The normalized spacial score (nSPS) is 10.1. The molecule has 0 aliphatic carbocycles. The average Bonchev–Trinajstić information content (AvgIpc) is 2.53. The predicted molar refractivity (Wildman–Crippen MR) is 82.0 cm³/mol. The number of carbonyl (C=O) groups excluding carboxylic acids is 1. The Labute approximate surface area is 124 Å². The van der Waals surface area contributed by atoms with Crippen molar-refractivity contribution in [2.75, 3.05) is 12.8 Å². The van der Waals surface area contributed by atoms with Gasteiger partial charge in [0.25, 0.3) is 0 Å². The standard InChI is InChI=1S/C17H19NO3/c1-20-16-9-4-14(5-10-16)12-21-17(19)11-6-13-2-7-15(18)8-3-13/h2-5,7-10H,6,11-12,18H2,1H3. The molecule has 21 heavy (non-hydrogen) atoms. The fraction of sp³-hybridized carbons (Fsp3) is 0.235. The molecule has 2 aromatic rings. The summed E-state index contributed by atoms with van der Waals surface area (Å²) < 4.78 is 10.3. The molecule has 0 aromatic heterocycles. The summed E-state index contributed by atoms with van der Waals surface area (Å²) in [5.41, 5.74) is 8.35. The molecule has 0 saturated carbocycles. The number of nitrogen functional groups attached to an aromatic ring is 1. The molecule has 0 saturated heterocycles. The van der Waals surface area contributed by atoms with Gasteiger partial charge in [0.1, 0.15) is 12.4 Å². The third-order valence-corrected chi connectivity index (χ3v) is 3.16. The monoisotopic (exact) mass is 285 g/mol. The molecule has 110 valence electrons. The fourth-order valence-corrected chi connectivity index (χ4v) is 1.89. The van der Waals surface area contributed by atoms with Crippen LogP contribution in [0.5, 0.6) is 5.75 Å². The van der Waals surface area contributed by atoms with E-state index in [4.69, 9.17) is 15.2 Å². The zero-order valence-corrected chi connectivity index (χ0v) is 12.0. The van der Waals surface area contributed by atoms with E-state index in [9.17, 15) is 4.79 Å². The van der Waals surface area contributed by atoms with Crippen molar-refractivity contribution in [2.24, 2.45) is 0 Å². The summed E-state index contributed by atoms with van der Waals surface area (Å²) in [4.78, 5) is 11.7. The lowest BCUT2D eigenvalue weighted by Crippen LogP contribution is -2.06. The second-order valence-electron chi connectivity index (χ2n) is 4.75. The van der Waals surface area contributed by atoms with Gasteiger partial charge in [-0.2, -0.15) is 0 Å². The van der Waals surface area contributed by atoms with E-state index in [0.717, 1.165) is 22.6 Å². The SMILES string of the molecule is COc1ccc(COC(=O)CCc2ccc(N)cc2)cc1. The molecule has 0 aliphatic heterocycles. The van der Waals surface area contributed by atoms with Crippen LogP contribution in [0, 0.1) is 0 Å². The van der Waals surface area contributed by atoms with Crippen molar-refractivity contribution in [1.82, 2.24) is 0 Å². The van der Waals surface area contributed by atoms with E-state index in [1.54, 1.807) is 7.11 Å². The highest BCUT2D eigenvalue weighted by Crippen LogP contribution is 2.13. The summed E-state index contributed by atoms with van der Waals surface area (Å²) in [6.45, 7) is 0.282. The molecule has 0 amide bonds. The number of benzene rings is 2. The van der Waals surface area contributed by atoms with Crippen molar-refractivity contribution in [2.45, 2.75) is 19.4 Å². The molecule has 0 spiro atoms. The van der Waals surface area contributed by atoms with Gasteiger partial charge in [-0.15, -0.1) is 0 Å². The van der Waals surface area contributed by atoms with E-state index in [1.807, 2.05) is 48.5 Å². The first-order chi connectivity index (χ1) is 10.2. The van der Waals surface area contributed by atoms with Crippen LogP contribution >= 0.6 is 0 Å². The van der Waals surface area contributed by atoms with Crippen molar-refractivity contribution in [3.05, 3.63) is 59.7 Å². The van der Waals surface area contributed by atoms with Gasteiger partial charge in [-0.1, -0.05) is 24.3 Å². The average molecular weight is 285 g/mol. The Kier molecular flexibility index (Phi) is 5.21. The number of rotatable bonds is 6. The van der Waals surface area contributed by atoms with Gasteiger partial charge in [-0.3, -0.25) is 4.79 Å². The summed E-state index contributed by atoms with van der Waals surface area (Å²) in [5, 5.41) is 0. The van der Waals surface area contributed by atoms with Gasteiger partial charge in [0.2, 0.25) is 0 Å². The van der Waals surface area contributed by atoms with Crippen LogP contribution in [0.1, 0.15) is 17.5 Å². The van der Waals surface area contributed by atoms with E-state index in [1.165, 1.54) is 0 Å². The Hall–Kier alpha value is -2.49. The number of hydrogen-bond acceptors (Lipinski definition) is 4. The smallest absolute Gasteiger partial charge is 0.306 e. The van der Waals surface area contributed by atoms with Gasteiger partial charge in [-0.05, 0) is 41.8 Å². The van der Waals surface area contributed by atoms with Crippen molar-refractivity contribution in [3.63, 3.8) is 0 Å². The molecule has 2 N–H and O–H groups in total. The highest BCUT2D eigenvalue weighted by molar-refractivity contribution is 5.69. The number of anilines is 1. The topological polar surface area (TPSA) is 61.5 Å². The van der Waals surface area contributed by atoms with Crippen LogP contribution in [0.4, 0.5) is 5.69 Å². The number of aryl methyl sites for hydroxylation is 1. The minimum atomic E-state index is -0.206. The molecule has 0 aliphatic rings. The lowest BCUT2D eigenvalue weighted by atomic mass is 10.1. The molecule has 0 fully saturated rings. The maximum Gasteiger partial charge on any atom is 0.306 e. The minimum Gasteiger partial charge on any atom is -0.497 e. The van der Waals surface area contributed by atoms with Gasteiger partial charge < -0.3 is 15.2 Å². The minimum absolute atomic E-state index is 0.206. The van der Waals surface area contributed by atoms with Crippen molar-refractivity contribution in [3.8, 4) is 5.75 Å². The van der Waals surface area contributed by atoms with E-state index >= 15 is 0 Å². The van der Waals surface area contributed by atoms with Crippen LogP contribution in [0.3, 0.4) is 0 Å². The molecule has 0 heterocycles. The third kappa shape index (κ3) is 4.84. The van der Waals surface area contributed by atoms with Gasteiger partial charge >= 0.3 is 5.97 Å². The van der Waals surface area contributed by atoms with Crippen molar-refractivity contribution >= 4 is 11.7 Å². The van der Waals surface area contributed by atoms with E-state index < -0.39 is 0 Å². The zero-order chi connectivity index (χ0) is 15.1. The molecule has 0 unspecified atom stereocenters. The number of ether oxygens (including phenoxy) is 2. The molecular formula is C17H19NO3. The number of esters is 1. The van der Waals surface area contributed by atoms with Gasteiger partial charge in [0, 0.05) is 12.1 Å². The van der Waals surface area contributed by atoms with Crippen molar-refractivity contribution < 1.29 is 14.3 Å². The van der Waals surface area contributed by atoms with Gasteiger partial charge in [0.05, 0.1) is 7.11 Å². The summed E-state index contributed by atoms with van der Waals surface area (Å²) in [6, 6.07) is 15.0. The first-order valence-corrected chi connectivity index (χ1v) is 6.80. The fourth-order valence-electron chi connectivity index (χ4n) is 1.89. The number of carbonyl (C=O) groups is 1. The van der Waals surface area contributed by atoms with Crippen LogP contribution in [0.25, 0.3) is 0 Å². The van der Waals surface area contributed by atoms with Crippen molar-refractivity contribution in [1.29, 1.82) is 0 Å². The predicted octanol–water partition coefficient (Wildman–Crippen LogP) is 2.95. The lowest BCUT2D eigenvalue weighted by molar-refractivity contribution is -0.144. The molecule has 2 aromatic carbocycles. The van der Waals surface area contributed by atoms with Crippen LogP contribution in [-0.4, -0.2) is 13.1 Å². The summed E-state index contributed by atoms with van der Waals surface area (Å²) >= 11 is 0. The second kappa shape index (κ2) is 7.33. The third-order valence-electron chi connectivity index (χ3n) is 3.16. The Morgan fingerprint density at radius 3 is 2.24 bits per heavy atom. The highest BCUT2D eigenvalue weighted by Gasteiger charge is 2.04. The van der Waals surface area contributed by atoms with Gasteiger partial charge in [0.15, 0.2) is 0 Å². The molecule has 2 rings (SSSR count). The van der Waals surface area contributed by atoms with Gasteiger partial charge in [-0.25, -0.2) is 0 Å². The molecular weight excluding hydrogens is 266 g/mol. The second-order valence-corrected chi connectivity index (χ2v) is 4.75. The highest BCUT2D eigenvalue weighted by atomic mass is 16.5. The Balaban J connectivity index is 1.75. The number of hydrogen-bond donors (Lipinski definition) is 1.